The van der Waals surface area contributed by atoms with Crippen molar-refractivity contribution >= 4 is 34.9 Å². The summed E-state index contributed by atoms with van der Waals surface area (Å²) in [5.41, 5.74) is 3.58. The summed E-state index contributed by atoms with van der Waals surface area (Å²) in [5, 5.41) is 4.34. The molecule has 0 aromatic heterocycles. The standard InChI is InChI=1S/C31H32PS/c1-24(25-19-20-29-30(23-25)33-22-21-31(29,2)3)32(26-13-7-4-8-14-26,27-15-9-5-10-16-27)28-17-11-6-12-18-28/h4-20,23-24H,21-22H2,1-3H3/q+1. The second-order valence-electron chi connectivity index (χ2n) is 9.64. The minimum absolute atomic E-state index is 0.257. The average Bonchev–Trinajstić information content (AvgIpc) is 2.86. The van der Waals surface area contributed by atoms with E-state index in [-0.39, 0.29) is 5.41 Å². The topological polar surface area (TPSA) is 0 Å². The average molecular weight is 468 g/mol. The molecule has 5 rings (SSSR count). The van der Waals surface area contributed by atoms with Crippen LogP contribution in [0, 0.1) is 0 Å². The molecule has 1 heterocycles. The second-order valence-corrected chi connectivity index (χ2v) is 14.5. The number of rotatable bonds is 5. The molecule has 1 aliphatic heterocycles. The highest BCUT2D eigenvalue weighted by Crippen LogP contribution is 2.66. The molecule has 4 aromatic carbocycles. The van der Waals surface area contributed by atoms with Crippen LogP contribution in [-0.2, 0) is 5.41 Å². The first-order valence-corrected chi connectivity index (χ1v) is 14.7. The Morgan fingerprint density at radius 2 is 1.18 bits per heavy atom. The molecule has 4 aromatic rings. The van der Waals surface area contributed by atoms with Crippen molar-refractivity contribution in [2.75, 3.05) is 5.75 Å². The molecule has 0 radical (unpaired) electrons. The van der Waals surface area contributed by atoms with E-state index in [0.717, 1.165) is 0 Å². The molecular weight excluding hydrogens is 435 g/mol. The van der Waals surface area contributed by atoms with E-state index in [0.29, 0.717) is 5.66 Å². The highest BCUT2D eigenvalue weighted by atomic mass is 32.2. The van der Waals surface area contributed by atoms with Gasteiger partial charge >= 0.3 is 0 Å². The van der Waals surface area contributed by atoms with Gasteiger partial charge in [-0.2, -0.15) is 0 Å². The third kappa shape index (κ3) is 3.96. The lowest BCUT2D eigenvalue weighted by atomic mass is 9.81. The molecule has 0 spiro atoms. The summed E-state index contributed by atoms with van der Waals surface area (Å²) in [5.74, 6) is 1.20. The monoisotopic (exact) mass is 467 g/mol. The van der Waals surface area contributed by atoms with Crippen LogP contribution in [-0.4, -0.2) is 5.75 Å². The van der Waals surface area contributed by atoms with Crippen LogP contribution in [0.4, 0.5) is 0 Å². The largest absolute Gasteiger partial charge is 0.126 e. The Morgan fingerprint density at radius 3 is 1.67 bits per heavy atom. The number of hydrogen-bond donors (Lipinski definition) is 0. The normalized spacial score (nSPS) is 16.1. The minimum atomic E-state index is -1.94. The van der Waals surface area contributed by atoms with E-state index < -0.39 is 7.26 Å². The van der Waals surface area contributed by atoms with Gasteiger partial charge in [-0.1, -0.05) is 80.6 Å². The summed E-state index contributed by atoms with van der Waals surface area (Å²) >= 11 is 2.03. The fourth-order valence-electron chi connectivity index (χ4n) is 5.36. The molecular formula is C31H32PS+. The van der Waals surface area contributed by atoms with Crippen molar-refractivity contribution in [2.45, 2.75) is 43.2 Å². The van der Waals surface area contributed by atoms with Crippen molar-refractivity contribution in [1.29, 1.82) is 0 Å². The van der Waals surface area contributed by atoms with Gasteiger partial charge in [0.1, 0.15) is 28.8 Å². The molecule has 2 heteroatoms. The van der Waals surface area contributed by atoms with Gasteiger partial charge < -0.3 is 0 Å². The van der Waals surface area contributed by atoms with Crippen LogP contribution in [0.5, 0.6) is 0 Å². The Hall–Kier alpha value is -2.34. The van der Waals surface area contributed by atoms with Gasteiger partial charge in [0.05, 0.1) is 0 Å². The van der Waals surface area contributed by atoms with Crippen molar-refractivity contribution in [3.05, 3.63) is 120 Å². The van der Waals surface area contributed by atoms with Gasteiger partial charge in [0.15, 0.2) is 0 Å². The zero-order valence-corrected chi connectivity index (χ0v) is 21.5. The predicted octanol–water partition coefficient (Wildman–Crippen LogP) is 7.52. The van der Waals surface area contributed by atoms with Crippen molar-refractivity contribution in [3.63, 3.8) is 0 Å². The van der Waals surface area contributed by atoms with Crippen LogP contribution in [0.25, 0.3) is 0 Å². The first-order chi connectivity index (χ1) is 16.0. The highest BCUT2D eigenvalue weighted by Gasteiger charge is 2.51. The number of hydrogen-bond acceptors (Lipinski definition) is 1. The van der Waals surface area contributed by atoms with Crippen LogP contribution in [0.1, 0.15) is 44.0 Å². The molecule has 0 nitrogen and oxygen atoms in total. The Kier molecular flexibility index (Phi) is 6.21. The molecule has 166 valence electrons. The summed E-state index contributed by atoms with van der Waals surface area (Å²) < 4.78 is 0. The molecule has 1 unspecified atom stereocenters. The molecule has 0 aliphatic carbocycles. The van der Waals surface area contributed by atoms with E-state index in [9.17, 15) is 0 Å². The molecule has 0 bridgehead atoms. The number of fused-ring (bicyclic) bond motifs is 1. The second kappa shape index (κ2) is 9.13. The Labute approximate surface area is 203 Å². The lowest BCUT2D eigenvalue weighted by Gasteiger charge is -2.35. The van der Waals surface area contributed by atoms with Gasteiger partial charge in [0.2, 0.25) is 0 Å². The lowest BCUT2D eigenvalue weighted by Crippen LogP contribution is -2.34. The van der Waals surface area contributed by atoms with Crippen molar-refractivity contribution in [1.82, 2.24) is 0 Å². The summed E-state index contributed by atoms with van der Waals surface area (Å²) in [6.45, 7) is 7.24. The maximum Gasteiger partial charge on any atom is 0.119 e. The van der Waals surface area contributed by atoms with Crippen LogP contribution in [0.3, 0.4) is 0 Å². The molecule has 0 N–H and O–H groups in total. The van der Waals surface area contributed by atoms with Crippen LogP contribution in [0.15, 0.2) is 114 Å². The van der Waals surface area contributed by atoms with E-state index >= 15 is 0 Å². The third-order valence-electron chi connectivity index (χ3n) is 7.27. The van der Waals surface area contributed by atoms with E-state index in [1.807, 2.05) is 11.8 Å². The Balaban J connectivity index is 1.76. The first kappa shape index (κ1) is 22.5. The van der Waals surface area contributed by atoms with Gasteiger partial charge in [0.25, 0.3) is 0 Å². The zero-order valence-electron chi connectivity index (χ0n) is 19.7. The first-order valence-electron chi connectivity index (χ1n) is 11.9. The fourth-order valence-corrected chi connectivity index (χ4v) is 11.7. The molecule has 1 atom stereocenters. The van der Waals surface area contributed by atoms with Crippen molar-refractivity contribution in [3.8, 4) is 0 Å². The molecule has 0 amide bonds. The molecule has 0 saturated heterocycles. The van der Waals surface area contributed by atoms with Gasteiger partial charge in [-0.15, -0.1) is 11.8 Å². The predicted molar refractivity (Wildman–Crippen MR) is 148 cm³/mol. The van der Waals surface area contributed by atoms with Gasteiger partial charge in [-0.05, 0) is 78.1 Å². The minimum Gasteiger partial charge on any atom is -0.126 e. The summed E-state index contributed by atoms with van der Waals surface area (Å²) in [7, 11) is -1.94. The van der Waals surface area contributed by atoms with Crippen LogP contribution < -0.4 is 15.9 Å². The lowest BCUT2D eigenvalue weighted by molar-refractivity contribution is 0.493. The summed E-state index contributed by atoms with van der Waals surface area (Å²) in [6.07, 6.45) is 1.24. The fraction of sp³-hybridized carbons (Fsp3) is 0.226. The Morgan fingerprint density at radius 1 is 0.697 bits per heavy atom. The van der Waals surface area contributed by atoms with Gasteiger partial charge in [-0.25, -0.2) is 0 Å². The molecule has 0 fully saturated rings. The summed E-state index contributed by atoms with van der Waals surface area (Å²) in [4.78, 5) is 1.47. The summed E-state index contributed by atoms with van der Waals surface area (Å²) in [6, 6.07) is 41.1. The maximum atomic E-state index is 2.51. The van der Waals surface area contributed by atoms with Gasteiger partial charge in [0, 0.05) is 4.90 Å². The molecule has 1 aliphatic rings. The van der Waals surface area contributed by atoms with E-state index in [1.54, 1.807) is 0 Å². The number of benzene rings is 4. The van der Waals surface area contributed by atoms with Crippen molar-refractivity contribution < 1.29 is 0 Å². The molecule has 33 heavy (non-hydrogen) atoms. The van der Waals surface area contributed by atoms with E-state index in [4.69, 9.17) is 0 Å². The SMILES string of the molecule is CC(c1ccc2c(c1)SCCC2(C)C)[P+](c1ccccc1)(c1ccccc1)c1ccccc1. The number of thioether (sulfide) groups is 1. The quantitative estimate of drug-likeness (QED) is 0.274. The maximum absolute atomic E-state index is 2.51. The molecule has 0 saturated carbocycles. The smallest absolute Gasteiger partial charge is 0.119 e. The Bertz CT molecular complexity index is 1120. The van der Waals surface area contributed by atoms with Crippen LogP contribution in [0.2, 0.25) is 0 Å². The highest BCUT2D eigenvalue weighted by molar-refractivity contribution is 7.99. The van der Waals surface area contributed by atoms with E-state index in [2.05, 4.69) is 130 Å². The van der Waals surface area contributed by atoms with E-state index in [1.165, 1.54) is 44.1 Å². The zero-order chi connectivity index (χ0) is 22.9. The van der Waals surface area contributed by atoms with Crippen molar-refractivity contribution in [2.24, 2.45) is 0 Å². The third-order valence-corrected chi connectivity index (χ3v) is 13.1. The van der Waals surface area contributed by atoms with Crippen LogP contribution >= 0.6 is 19.0 Å². The van der Waals surface area contributed by atoms with Gasteiger partial charge in [-0.3, -0.25) is 0 Å².